The van der Waals surface area contributed by atoms with Gasteiger partial charge in [-0.2, -0.15) is 0 Å². The molecule has 0 spiro atoms. The number of nitrogens with zero attached hydrogens (tertiary/aromatic N) is 3. The quantitative estimate of drug-likeness (QED) is 0.428. The van der Waals surface area contributed by atoms with E-state index >= 15 is 0 Å². The number of ether oxygens (including phenoxy) is 1. The van der Waals surface area contributed by atoms with Gasteiger partial charge in [0.1, 0.15) is 17.2 Å². The molecule has 2 aromatic heterocycles. The minimum Gasteiger partial charge on any atom is -0.422 e. The van der Waals surface area contributed by atoms with Crippen molar-refractivity contribution in [2.75, 3.05) is 4.90 Å². The average Bonchev–Trinajstić information content (AvgIpc) is 2.84. The van der Waals surface area contributed by atoms with Gasteiger partial charge in [0, 0.05) is 31.3 Å². The van der Waals surface area contributed by atoms with E-state index in [0.717, 1.165) is 17.0 Å². The molecule has 4 rings (SSSR count). The van der Waals surface area contributed by atoms with Crippen molar-refractivity contribution in [3.05, 3.63) is 82.8 Å². The predicted octanol–water partition coefficient (Wildman–Crippen LogP) is 4.41. The molecule has 0 aliphatic rings. The van der Waals surface area contributed by atoms with Crippen molar-refractivity contribution in [3.63, 3.8) is 0 Å². The second-order valence-corrected chi connectivity index (χ2v) is 7.59. The van der Waals surface area contributed by atoms with Gasteiger partial charge in [-0.25, -0.2) is 13.6 Å². The van der Waals surface area contributed by atoms with Crippen molar-refractivity contribution in [3.8, 4) is 16.9 Å². The summed E-state index contributed by atoms with van der Waals surface area (Å²) in [6.45, 7) is 1.57. The van der Waals surface area contributed by atoms with Crippen molar-refractivity contribution >= 4 is 34.4 Å². The number of esters is 1. The molecule has 0 aliphatic carbocycles. The molecule has 35 heavy (non-hydrogen) atoms. The number of carbonyl (C=O) groups is 2. The molecule has 0 aliphatic heterocycles. The summed E-state index contributed by atoms with van der Waals surface area (Å²) >= 11 is 0. The minimum absolute atomic E-state index is 0.00111. The number of halogens is 2. The standard InChI is InChI=1S/C25H20F2N4O4/c1-3-20(32)35-23-21-19(8-5-11-29-21)30(2)24(33)22(23)31(25(28)34)16-7-4-6-14(12-16)17-10-9-15(26)13-18(17)27/h4-13H,3H2,1-2H3,(H2,28,34). The molecule has 10 heteroatoms. The Balaban J connectivity index is 1.99. The highest BCUT2D eigenvalue weighted by Crippen LogP contribution is 2.37. The van der Waals surface area contributed by atoms with Crippen LogP contribution in [-0.2, 0) is 11.8 Å². The van der Waals surface area contributed by atoms with E-state index in [2.05, 4.69) is 4.98 Å². The molecule has 0 saturated heterocycles. The fourth-order valence-corrected chi connectivity index (χ4v) is 3.70. The number of fused-ring (bicyclic) bond motifs is 1. The molecular formula is C25H20F2N4O4. The van der Waals surface area contributed by atoms with Crippen molar-refractivity contribution in [2.45, 2.75) is 13.3 Å². The van der Waals surface area contributed by atoms with Crippen LogP contribution in [0.4, 0.5) is 25.0 Å². The van der Waals surface area contributed by atoms with Gasteiger partial charge in [-0.1, -0.05) is 19.1 Å². The number of aromatic nitrogens is 2. The lowest BCUT2D eigenvalue weighted by Crippen LogP contribution is -2.37. The highest BCUT2D eigenvalue weighted by molar-refractivity contribution is 6.04. The molecule has 0 atom stereocenters. The summed E-state index contributed by atoms with van der Waals surface area (Å²) in [6, 6.07) is 11.2. The number of pyridine rings is 2. The monoisotopic (exact) mass is 478 g/mol. The molecule has 2 heterocycles. The second kappa shape index (κ2) is 9.34. The van der Waals surface area contributed by atoms with Gasteiger partial charge in [0.2, 0.25) is 0 Å². The van der Waals surface area contributed by atoms with E-state index in [4.69, 9.17) is 10.5 Å². The summed E-state index contributed by atoms with van der Waals surface area (Å²) in [4.78, 5) is 43.5. The Morgan fingerprint density at radius 2 is 1.89 bits per heavy atom. The van der Waals surface area contributed by atoms with Crippen LogP contribution in [-0.4, -0.2) is 21.6 Å². The lowest BCUT2D eigenvalue weighted by molar-refractivity contribution is -0.133. The van der Waals surface area contributed by atoms with E-state index in [1.807, 2.05) is 0 Å². The zero-order chi connectivity index (χ0) is 25.3. The van der Waals surface area contributed by atoms with Crippen LogP contribution in [0.15, 0.2) is 65.6 Å². The molecule has 2 amide bonds. The maximum Gasteiger partial charge on any atom is 0.324 e. The molecule has 0 bridgehead atoms. The lowest BCUT2D eigenvalue weighted by atomic mass is 10.0. The van der Waals surface area contributed by atoms with E-state index in [1.54, 1.807) is 25.1 Å². The topological polar surface area (TPSA) is 108 Å². The van der Waals surface area contributed by atoms with Gasteiger partial charge in [-0.3, -0.25) is 19.5 Å². The highest BCUT2D eigenvalue weighted by Gasteiger charge is 2.29. The van der Waals surface area contributed by atoms with Gasteiger partial charge in [0.15, 0.2) is 11.4 Å². The van der Waals surface area contributed by atoms with Gasteiger partial charge in [-0.05, 0) is 42.0 Å². The first-order valence-corrected chi connectivity index (χ1v) is 10.6. The summed E-state index contributed by atoms with van der Waals surface area (Å²) in [5, 5.41) is 0. The van der Waals surface area contributed by atoms with Crippen LogP contribution in [0.2, 0.25) is 0 Å². The summed E-state index contributed by atoms with van der Waals surface area (Å²) < 4.78 is 34.5. The van der Waals surface area contributed by atoms with Crippen LogP contribution in [0.1, 0.15) is 13.3 Å². The van der Waals surface area contributed by atoms with E-state index in [0.29, 0.717) is 11.1 Å². The Hall–Kier alpha value is -4.60. The summed E-state index contributed by atoms with van der Waals surface area (Å²) in [6.07, 6.45) is 1.45. The van der Waals surface area contributed by atoms with Crippen molar-refractivity contribution in [2.24, 2.45) is 12.8 Å². The Kier molecular flexibility index (Phi) is 6.28. The Morgan fingerprint density at radius 3 is 2.57 bits per heavy atom. The van der Waals surface area contributed by atoms with Crippen LogP contribution in [0, 0.1) is 11.6 Å². The molecule has 0 saturated carbocycles. The molecule has 2 aromatic carbocycles. The number of amides is 2. The molecule has 2 N–H and O–H groups in total. The SMILES string of the molecule is CCC(=O)Oc1c(N(C(N)=O)c2cccc(-c3ccc(F)cc3F)c2)c(=O)n(C)c2cccnc12. The zero-order valence-corrected chi connectivity index (χ0v) is 18.8. The maximum absolute atomic E-state index is 14.4. The Bertz CT molecular complexity index is 1530. The van der Waals surface area contributed by atoms with Gasteiger partial charge in [-0.15, -0.1) is 0 Å². The second-order valence-electron chi connectivity index (χ2n) is 7.59. The largest absolute Gasteiger partial charge is 0.422 e. The smallest absolute Gasteiger partial charge is 0.324 e. The number of aryl methyl sites for hydroxylation is 1. The number of carbonyl (C=O) groups excluding carboxylic acids is 2. The van der Waals surface area contributed by atoms with Gasteiger partial charge < -0.3 is 15.0 Å². The minimum atomic E-state index is -1.05. The summed E-state index contributed by atoms with van der Waals surface area (Å²) in [5.74, 6) is -2.43. The Morgan fingerprint density at radius 1 is 1.11 bits per heavy atom. The van der Waals surface area contributed by atoms with Crippen LogP contribution < -0.4 is 20.9 Å². The highest BCUT2D eigenvalue weighted by atomic mass is 19.1. The number of nitrogens with two attached hydrogens (primary N) is 1. The maximum atomic E-state index is 14.4. The molecule has 178 valence electrons. The molecule has 0 unspecified atom stereocenters. The fourth-order valence-electron chi connectivity index (χ4n) is 3.70. The predicted molar refractivity (Wildman–Crippen MR) is 126 cm³/mol. The molecular weight excluding hydrogens is 458 g/mol. The van der Waals surface area contributed by atoms with E-state index < -0.39 is 29.2 Å². The third kappa shape index (κ3) is 4.33. The Labute approximate surface area is 198 Å². The normalized spacial score (nSPS) is 10.9. The number of hydrogen-bond donors (Lipinski definition) is 1. The first-order chi connectivity index (χ1) is 16.7. The number of urea groups is 1. The molecule has 4 aromatic rings. The number of anilines is 2. The van der Waals surface area contributed by atoms with Crippen molar-refractivity contribution in [1.82, 2.24) is 9.55 Å². The summed E-state index contributed by atoms with van der Waals surface area (Å²) in [7, 11) is 1.48. The van der Waals surface area contributed by atoms with Gasteiger partial charge in [0.05, 0.1) is 11.2 Å². The molecule has 0 fully saturated rings. The van der Waals surface area contributed by atoms with E-state index in [-0.39, 0.29) is 34.6 Å². The first-order valence-electron chi connectivity index (χ1n) is 10.6. The van der Waals surface area contributed by atoms with Crippen molar-refractivity contribution in [1.29, 1.82) is 0 Å². The van der Waals surface area contributed by atoms with Crippen LogP contribution in [0.3, 0.4) is 0 Å². The van der Waals surface area contributed by atoms with Crippen molar-refractivity contribution < 1.29 is 23.1 Å². The summed E-state index contributed by atoms with van der Waals surface area (Å²) in [5.41, 5.74) is 5.68. The third-order valence-electron chi connectivity index (χ3n) is 5.38. The first kappa shape index (κ1) is 23.6. The molecule has 8 nitrogen and oxygen atoms in total. The van der Waals surface area contributed by atoms with Gasteiger partial charge >= 0.3 is 12.0 Å². The average molecular weight is 478 g/mol. The lowest BCUT2D eigenvalue weighted by Gasteiger charge is -2.24. The number of primary amides is 1. The fraction of sp³-hybridized carbons (Fsp3) is 0.120. The molecule has 0 radical (unpaired) electrons. The van der Waals surface area contributed by atoms with Crippen LogP contribution in [0.5, 0.6) is 5.75 Å². The zero-order valence-electron chi connectivity index (χ0n) is 18.8. The van der Waals surface area contributed by atoms with Crippen LogP contribution >= 0.6 is 0 Å². The number of benzene rings is 2. The van der Waals surface area contributed by atoms with Crippen LogP contribution in [0.25, 0.3) is 22.2 Å². The number of hydrogen-bond acceptors (Lipinski definition) is 5. The van der Waals surface area contributed by atoms with E-state index in [9.17, 15) is 23.2 Å². The number of rotatable bonds is 5. The van der Waals surface area contributed by atoms with Gasteiger partial charge in [0.25, 0.3) is 5.56 Å². The van der Waals surface area contributed by atoms with E-state index in [1.165, 1.54) is 42.1 Å². The third-order valence-corrected chi connectivity index (χ3v) is 5.38.